The number of hydrogen-bond donors (Lipinski definition) is 0. The van der Waals surface area contributed by atoms with Crippen LogP contribution in [-0.4, -0.2) is 20.5 Å². The van der Waals surface area contributed by atoms with Gasteiger partial charge in [0.15, 0.2) is 0 Å². The number of carbonyl (C=O) groups excluding carboxylic acids is 1. The third-order valence-corrected chi connectivity index (χ3v) is 1.51. The van der Waals surface area contributed by atoms with E-state index in [9.17, 15) is 4.79 Å². The zero-order chi connectivity index (χ0) is 8.27. The van der Waals surface area contributed by atoms with Gasteiger partial charge in [-0.05, 0) is 6.92 Å². The van der Waals surface area contributed by atoms with E-state index in [1.54, 1.807) is 11.6 Å². The molecule has 0 fully saturated rings. The molecular formula is C7H11N3O. The molecule has 0 aliphatic heterocycles. The van der Waals surface area contributed by atoms with Gasteiger partial charge in [-0.3, -0.25) is 4.68 Å². The zero-order valence-electron chi connectivity index (χ0n) is 6.74. The molecular weight excluding hydrogens is 142 g/mol. The van der Waals surface area contributed by atoms with Gasteiger partial charge in [-0.1, -0.05) is 0 Å². The van der Waals surface area contributed by atoms with Gasteiger partial charge in [-0.2, -0.15) is 5.10 Å². The van der Waals surface area contributed by atoms with Gasteiger partial charge in [0.2, 0.25) is 0 Å². The Morgan fingerprint density at radius 3 is 2.91 bits per heavy atom. The molecule has 1 aromatic heterocycles. The molecule has 1 aromatic rings. The molecule has 4 nitrogen and oxygen atoms in total. The Kier molecular flexibility index (Phi) is 2.36. The maximum absolute atomic E-state index is 10.6. The number of aryl methyl sites for hydroxylation is 2. The van der Waals surface area contributed by atoms with E-state index >= 15 is 0 Å². The first-order chi connectivity index (χ1) is 5.20. The predicted octanol–water partition coefficient (Wildman–Crippen LogP) is 0.337. The molecule has 60 valence electrons. The molecule has 0 N–H and O–H groups in total. The van der Waals surface area contributed by atoms with Crippen LogP contribution in [0.4, 0.5) is 0 Å². The highest BCUT2D eigenvalue weighted by atomic mass is 16.1. The first-order valence-electron chi connectivity index (χ1n) is 3.52. The Balaban J connectivity index is 2.51. The number of nitrogens with zero attached hydrogens (tertiary/aromatic N) is 3. The van der Waals surface area contributed by atoms with E-state index in [-0.39, 0.29) is 5.78 Å². The number of hydrogen-bond acceptors (Lipinski definition) is 3. The lowest BCUT2D eigenvalue weighted by Crippen LogP contribution is -2.02. The van der Waals surface area contributed by atoms with Crippen molar-refractivity contribution in [3.05, 3.63) is 12.2 Å². The fraction of sp³-hybridized carbons (Fsp3) is 0.571. The Hall–Kier alpha value is -1.19. The molecule has 0 saturated heterocycles. The lowest BCUT2D eigenvalue weighted by Gasteiger charge is -1.95. The monoisotopic (exact) mass is 153 g/mol. The Morgan fingerprint density at radius 1 is 1.73 bits per heavy atom. The van der Waals surface area contributed by atoms with E-state index in [1.165, 1.54) is 6.33 Å². The van der Waals surface area contributed by atoms with Crippen LogP contribution in [0, 0.1) is 0 Å². The van der Waals surface area contributed by atoms with E-state index in [1.807, 2.05) is 7.05 Å². The molecule has 0 atom stereocenters. The van der Waals surface area contributed by atoms with Gasteiger partial charge in [-0.25, -0.2) is 4.98 Å². The van der Waals surface area contributed by atoms with Gasteiger partial charge in [-0.15, -0.1) is 0 Å². The second-order valence-corrected chi connectivity index (χ2v) is 2.50. The standard InChI is InChI=1S/C7H11N3O/c1-6(11)3-4-7-8-5-9-10(7)2/h5H,3-4H2,1-2H3. The van der Waals surface area contributed by atoms with Crippen LogP contribution in [0.3, 0.4) is 0 Å². The van der Waals surface area contributed by atoms with Crippen LogP contribution in [-0.2, 0) is 18.3 Å². The first kappa shape index (κ1) is 7.91. The van der Waals surface area contributed by atoms with Gasteiger partial charge in [0.1, 0.15) is 17.9 Å². The van der Waals surface area contributed by atoms with Gasteiger partial charge in [0, 0.05) is 19.9 Å². The summed E-state index contributed by atoms with van der Waals surface area (Å²) in [6, 6.07) is 0. The molecule has 1 heterocycles. The summed E-state index contributed by atoms with van der Waals surface area (Å²) in [5, 5.41) is 3.89. The van der Waals surface area contributed by atoms with Crippen LogP contribution in [0.2, 0.25) is 0 Å². The van der Waals surface area contributed by atoms with Gasteiger partial charge < -0.3 is 4.79 Å². The van der Waals surface area contributed by atoms with E-state index in [2.05, 4.69) is 10.1 Å². The highest BCUT2D eigenvalue weighted by molar-refractivity contribution is 5.75. The second kappa shape index (κ2) is 3.27. The van der Waals surface area contributed by atoms with E-state index in [0.717, 1.165) is 5.82 Å². The van der Waals surface area contributed by atoms with Crippen molar-refractivity contribution in [2.45, 2.75) is 19.8 Å². The zero-order valence-corrected chi connectivity index (χ0v) is 6.74. The minimum Gasteiger partial charge on any atom is -0.300 e. The molecule has 0 aliphatic carbocycles. The van der Waals surface area contributed by atoms with Crippen LogP contribution in [0.25, 0.3) is 0 Å². The highest BCUT2D eigenvalue weighted by Crippen LogP contribution is 1.96. The van der Waals surface area contributed by atoms with E-state index in [0.29, 0.717) is 12.8 Å². The molecule has 1 rings (SSSR count). The summed E-state index contributed by atoms with van der Waals surface area (Å²) in [6.45, 7) is 1.58. The summed E-state index contributed by atoms with van der Waals surface area (Å²) in [7, 11) is 1.82. The van der Waals surface area contributed by atoms with Crippen molar-refractivity contribution < 1.29 is 4.79 Å². The number of ketones is 1. The van der Waals surface area contributed by atoms with Crippen LogP contribution >= 0.6 is 0 Å². The maximum atomic E-state index is 10.6. The van der Waals surface area contributed by atoms with E-state index in [4.69, 9.17) is 0 Å². The molecule has 0 spiro atoms. The van der Waals surface area contributed by atoms with Crippen LogP contribution < -0.4 is 0 Å². The summed E-state index contributed by atoms with van der Waals surface area (Å²) < 4.78 is 1.68. The van der Waals surface area contributed by atoms with Gasteiger partial charge >= 0.3 is 0 Å². The molecule has 0 aliphatic rings. The third-order valence-electron chi connectivity index (χ3n) is 1.51. The van der Waals surface area contributed by atoms with Crippen molar-refractivity contribution in [3.8, 4) is 0 Å². The van der Waals surface area contributed by atoms with Gasteiger partial charge in [0.25, 0.3) is 0 Å². The molecule has 4 heteroatoms. The largest absolute Gasteiger partial charge is 0.300 e. The number of aromatic nitrogens is 3. The number of rotatable bonds is 3. The van der Waals surface area contributed by atoms with Crippen molar-refractivity contribution in [1.29, 1.82) is 0 Å². The molecule has 0 bridgehead atoms. The third kappa shape index (κ3) is 2.14. The topological polar surface area (TPSA) is 47.8 Å². The molecule has 0 unspecified atom stereocenters. The quantitative estimate of drug-likeness (QED) is 0.629. The number of Topliss-reactive ketones (excluding diaryl/α,β-unsaturated/α-hetero) is 1. The Labute approximate surface area is 65.2 Å². The Morgan fingerprint density at radius 2 is 2.45 bits per heavy atom. The summed E-state index contributed by atoms with van der Waals surface area (Å²) in [6.07, 6.45) is 2.73. The normalized spacial score (nSPS) is 10.0. The minimum atomic E-state index is 0.188. The van der Waals surface area contributed by atoms with Crippen LogP contribution in [0.5, 0.6) is 0 Å². The SMILES string of the molecule is CC(=O)CCc1ncnn1C. The van der Waals surface area contributed by atoms with Crippen molar-refractivity contribution in [3.63, 3.8) is 0 Å². The maximum Gasteiger partial charge on any atom is 0.138 e. The average molecular weight is 153 g/mol. The van der Waals surface area contributed by atoms with Crippen LogP contribution in [0.1, 0.15) is 19.2 Å². The molecule has 0 aromatic carbocycles. The lowest BCUT2D eigenvalue weighted by molar-refractivity contribution is -0.117. The fourth-order valence-corrected chi connectivity index (χ4v) is 0.834. The van der Waals surface area contributed by atoms with Crippen molar-refractivity contribution in [1.82, 2.24) is 14.8 Å². The highest BCUT2D eigenvalue weighted by Gasteiger charge is 2.01. The molecule has 0 amide bonds. The minimum absolute atomic E-state index is 0.188. The molecule has 0 saturated carbocycles. The van der Waals surface area contributed by atoms with Crippen molar-refractivity contribution in [2.24, 2.45) is 7.05 Å². The van der Waals surface area contributed by atoms with Crippen molar-refractivity contribution >= 4 is 5.78 Å². The van der Waals surface area contributed by atoms with Crippen LogP contribution in [0.15, 0.2) is 6.33 Å². The smallest absolute Gasteiger partial charge is 0.138 e. The fourth-order valence-electron chi connectivity index (χ4n) is 0.834. The predicted molar refractivity (Wildman–Crippen MR) is 40.0 cm³/mol. The summed E-state index contributed by atoms with van der Waals surface area (Å²) in [5.74, 6) is 1.05. The van der Waals surface area contributed by atoms with Crippen molar-refractivity contribution in [2.75, 3.05) is 0 Å². The average Bonchev–Trinajstić information content (AvgIpc) is 2.31. The molecule has 11 heavy (non-hydrogen) atoms. The number of carbonyl (C=O) groups is 1. The first-order valence-corrected chi connectivity index (χ1v) is 3.52. The van der Waals surface area contributed by atoms with Gasteiger partial charge in [0.05, 0.1) is 0 Å². The Bertz CT molecular complexity index is 254. The summed E-state index contributed by atoms with van der Waals surface area (Å²) in [5.41, 5.74) is 0. The van der Waals surface area contributed by atoms with E-state index < -0.39 is 0 Å². The second-order valence-electron chi connectivity index (χ2n) is 2.50. The summed E-state index contributed by atoms with van der Waals surface area (Å²) >= 11 is 0. The molecule has 0 radical (unpaired) electrons. The summed E-state index contributed by atoms with van der Waals surface area (Å²) in [4.78, 5) is 14.6. The lowest BCUT2D eigenvalue weighted by atomic mass is 10.2.